The molecule has 1 unspecified atom stereocenters. The van der Waals surface area contributed by atoms with Gasteiger partial charge in [-0.05, 0) is 61.1 Å². The van der Waals surface area contributed by atoms with E-state index in [0.29, 0.717) is 45.2 Å². The zero-order valence-corrected chi connectivity index (χ0v) is 27.6. The summed E-state index contributed by atoms with van der Waals surface area (Å²) >= 11 is 0. The fourth-order valence-electron chi connectivity index (χ4n) is 5.89. The molecule has 3 atom stereocenters. The number of likely N-dealkylation sites (tertiary alicyclic amines) is 1. The zero-order chi connectivity index (χ0) is 34.2. The first-order valence-electron chi connectivity index (χ1n) is 16.5. The highest BCUT2D eigenvalue weighted by Gasteiger charge is 2.42. The van der Waals surface area contributed by atoms with Crippen LogP contribution in [-0.2, 0) is 38.6 Å². The summed E-state index contributed by atoms with van der Waals surface area (Å²) in [5, 5.41) is 10.9. The average molecular weight is 644 g/mol. The molecule has 47 heavy (non-hydrogen) atoms. The molecule has 5 amide bonds. The average Bonchev–Trinajstić information content (AvgIpc) is 3.75. The van der Waals surface area contributed by atoms with Crippen LogP contribution in [0.1, 0.15) is 62.6 Å². The van der Waals surface area contributed by atoms with Crippen molar-refractivity contribution in [3.63, 3.8) is 0 Å². The highest BCUT2D eigenvalue weighted by Crippen LogP contribution is 2.31. The van der Waals surface area contributed by atoms with Crippen LogP contribution in [0.2, 0.25) is 0 Å². The molecule has 0 bridgehead atoms. The number of hydrogen-bond donors (Lipinski definition) is 4. The summed E-state index contributed by atoms with van der Waals surface area (Å²) in [6, 6.07) is 14.2. The quantitative estimate of drug-likeness (QED) is 0.182. The van der Waals surface area contributed by atoms with Crippen LogP contribution in [-0.4, -0.2) is 65.7 Å². The van der Waals surface area contributed by atoms with Crippen LogP contribution < -0.4 is 21.3 Å². The lowest BCUT2D eigenvalue weighted by Crippen LogP contribution is -2.58. The SMILES string of the molecule is C=CCCC(NC(=O)[C@@H]1CCCN1C(=O)[C@@H](NC(=O)NCc1ccccc1)C1Cc2ccccc2C1)C(=O)C(=O)NCC=C.CCC. The Kier molecular flexibility index (Phi) is 14.9. The van der Waals surface area contributed by atoms with Gasteiger partial charge in [0.25, 0.3) is 5.91 Å². The van der Waals surface area contributed by atoms with Crippen molar-refractivity contribution in [1.82, 2.24) is 26.2 Å². The Balaban J connectivity index is 0.00000192. The van der Waals surface area contributed by atoms with Gasteiger partial charge in [0.15, 0.2) is 0 Å². The number of ketones is 1. The monoisotopic (exact) mass is 643 g/mol. The maximum absolute atomic E-state index is 14.2. The summed E-state index contributed by atoms with van der Waals surface area (Å²) in [5.41, 5.74) is 3.19. The molecule has 1 saturated heterocycles. The normalized spacial score (nSPS) is 16.4. The molecule has 2 aromatic rings. The summed E-state index contributed by atoms with van der Waals surface area (Å²) in [6.45, 7) is 12.2. The summed E-state index contributed by atoms with van der Waals surface area (Å²) in [4.78, 5) is 67.5. The molecule has 252 valence electrons. The minimum atomic E-state index is -1.06. The molecule has 1 heterocycles. The van der Waals surface area contributed by atoms with Crippen molar-refractivity contribution in [2.45, 2.75) is 83.5 Å². The van der Waals surface area contributed by atoms with Gasteiger partial charge in [0, 0.05) is 19.6 Å². The van der Waals surface area contributed by atoms with Crippen molar-refractivity contribution in [3.8, 4) is 0 Å². The van der Waals surface area contributed by atoms with Crippen LogP contribution >= 0.6 is 0 Å². The maximum Gasteiger partial charge on any atom is 0.315 e. The van der Waals surface area contributed by atoms with Crippen LogP contribution in [0.4, 0.5) is 4.79 Å². The second kappa shape index (κ2) is 19.1. The lowest BCUT2D eigenvalue weighted by Gasteiger charge is -2.32. The summed E-state index contributed by atoms with van der Waals surface area (Å²) < 4.78 is 0. The van der Waals surface area contributed by atoms with Crippen LogP contribution in [0.15, 0.2) is 79.9 Å². The smallest absolute Gasteiger partial charge is 0.315 e. The van der Waals surface area contributed by atoms with E-state index in [4.69, 9.17) is 0 Å². The fourth-order valence-corrected chi connectivity index (χ4v) is 5.89. The van der Waals surface area contributed by atoms with Crippen molar-refractivity contribution in [2.75, 3.05) is 13.1 Å². The Labute approximate surface area is 278 Å². The Morgan fingerprint density at radius 2 is 1.53 bits per heavy atom. The number of nitrogens with one attached hydrogen (secondary N) is 4. The van der Waals surface area contributed by atoms with E-state index >= 15 is 0 Å². The molecule has 0 radical (unpaired) electrons. The van der Waals surface area contributed by atoms with E-state index in [2.05, 4.69) is 48.3 Å². The third-order valence-corrected chi connectivity index (χ3v) is 8.16. The van der Waals surface area contributed by atoms with Crippen molar-refractivity contribution >= 4 is 29.5 Å². The van der Waals surface area contributed by atoms with E-state index in [0.717, 1.165) is 16.7 Å². The molecule has 2 aliphatic rings. The van der Waals surface area contributed by atoms with Crippen molar-refractivity contribution < 1.29 is 24.0 Å². The third-order valence-electron chi connectivity index (χ3n) is 8.16. The molecule has 0 aromatic heterocycles. The first kappa shape index (κ1) is 36.7. The Morgan fingerprint density at radius 3 is 2.15 bits per heavy atom. The van der Waals surface area contributed by atoms with E-state index < -0.39 is 41.8 Å². The number of amides is 5. The molecule has 4 N–H and O–H groups in total. The van der Waals surface area contributed by atoms with Gasteiger partial charge in [0.1, 0.15) is 12.1 Å². The number of benzene rings is 2. The summed E-state index contributed by atoms with van der Waals surface area (Å²) in [7, 11) is 0. The molecule has 10 heteroatoms. The van der Waals surface area contributed by atoms with Crippen LogP contribution in [0, 0.1) is 5.92 Å². The predicted molar refractivity (Wildman–Crippen MR) is 183 cm³/mol. The zero-order valence-electron chi connectivity index (χ0n) is 27.6. The van der Waals surface area contributed by atoms with E-state index in [1.165, 1.54) is 17.4 Å². The van der Waals surface area contributed by atoms with Crippen LogP contribution in [0.5, 0.6) is 0 Å². The third kappa shape index (κ3) is 10.7. The molecule has 2 aromatic carbocycles. The topological polar surface area (TPSA) is 137 Å². The van der Waals surface area contributed by atoms with E-state index in [1.807, 2.05) is 54.6 Å². The highest BCUT2D eigenvalue weighted by atomic mass is 16.2. The molecule has 1 aliphatic heterocycles. The standard InChI is InChI=1S/C34H41N5O5.C3H8/c1-3-5-16-27(30(40)32(42)35-18-4-2)37-31(41)28-17-11-19-39(28)33(43)29(26-20-24-14-9-10-15-25(24)21-26)38-34(44)36-22-23-12-7-6-8-13-23;1-3-2/h3-4,6-10,12-15,26-29H,1-2,5,11,16-22H2,(H,35,42)(H,37,41)(H2,36,38,44);3H2,1-2H3/t27?,28-,29-;/m0./s1. The molecule has 1 fully saturated rings. The Bertz CT molecular complexity index is 1370. The minimum Gasteiger partial charge on any atom is -0.346 e. The second-order valence-electron chi connectivity index (χ2n) is 11.9. The number of rotatable bonds is 14. The number of urea groups is 1. The molecule has 10 nitrogen and oxygen atoms in total. The highest BCUT2D eigenvalue weighted by molar-refractivity contribution is 6.38. The predicted octanol–water partition coefficient (Wildman–Crippen LogP) is 4.00. The molecule has 0 spiro atoms. The van der Waals surface area contributed by atoms with E-state index in [9.17, 15) is 24.0 Å². The number of nitrogens with zero attached hydrogens (tertiary/aromatic N) is 1. The van der Waals surface area contributed by atoms with Gasteiger partial charge in [-0.1, -0.05) is 87.0 Å². The van der Waals surface area contributed by atoms with Gasteiger partial charge in [0.2, 0.25) is 17.6 Å². The largest absolute Gasteiger partial charge is 0.346 e. The molecule has 1 aliphatic carbocycles. The van der Waals surface area contributed by atoms with Gasteiger partial charge >= 0.3 is 6.03 Å². The maximum atomic E-state index is 14.2. The number of fused-ring (bicyclic) bond motifs is 1. The van der Waals surface area contributed by atoms with Crippen molar-refractivity contribution in [2.24, 2.45) is 5.92 Å². The fraction of sp³-hybridized carbons (Fsp3) is 0.432. The lowest BCUT2D eigenvalue weighted by molar-refractivity contribution is -0.143. The van der Waals surface area contributed by atoms with Gasteiger partial charge in [-0.3, -0.25) is 19.2 Å². The lowest BCUT2D eigenvalue weighted by atomic mass is 9.94. The van der Waals surface area contributed by atoms with Gasteiger partial charge in [-0.2, -0.15) is 0 Å². The van der Waals surface area contributed by atoms with Crippen molar-refractivity contribution in [3.05, 3.63) is 96.6 Å². The number of hydrogen-bond acceptors (Lipinski definition) is 5. The number of carbonyl (C=O) groups excluding carboxylic acids is 5. The summed E-state index contributed by atoms with van der Waals surface area (Å²) in [5.74, 6) is -2.62. The second-order valence-corrected chi connectivity index (χ2v) is 11.9. The van der Waals surface area contributed by atoms with E-state index in [-0.39, 0.29) is 24.8 Å². The number of carbonyl (C=O) groups is 5. The Hall–Kier alpha value is -4.73. The molecule has 4 rings (SSSR count). The minimum absolute atomic E-state index is 0.121. The van der Waals surface area contributed by atoms with Gasteiger partial charge in [-0.25, -0.2) is 4.79 Å². The van der Waals surface area contributed by atoms with Gasteiger partial charge in [-0.15, -0.1) is 13.2 Å². The van der Waals surface area contributed by atoms with Gasteiger partial charge in [0.05, 0.1) is 6.04 Å². The number of Topliss-reactive ketones (excluding diaryl/α,β-unsaturated/α-hetero) is 1. The first-order valence-corrected chi connectivity index (χ1v) is 16.5. The van der Waals surface area contributed by atoms with Gasteiger partial charge < -0.3 is 26.2 Å². The Morgan fingerprint density at radius 1 is 0.894 bits per heavy atom. The number of allylic oxidation sites excluding steroid dienone is 1. The van der Waals surface area contributed by atoms with Crippen molar-refractivity contribution in [1.29, 1.82) is 0 Å². The summed E-state index contributed by atoms with van der Waals surface area (Å²) in [6.07, 6.45) is 7.15. The molecular weight excluding hydrogens is 594 g/mol. The van der Waals surface area contributed by atoms with Crippen LogP contribution in [0.3, 0.4) is 0 Å². The van der Waals surface area contributed by atoms with E-state index in [1.54, 1.807) is 6.08 Å². The molecular formula is C37H49N5O5. The van der Waals surface area contributed by atoms with Crippen LogP contribution in [0.25, 0.3) is 0 Å². The molecule has 0 saturated carbocycles. The first-order chi connectivity index (χ1) is 22.7.